The van der Waals surface area contributed by atoms with Gasteiger partial charge in [-0.25, -0.2) is 14.8 Å². The van der Waals surface area contributed by atoms with Gasteiger partial charge in [0.2, 0.25) is 0 Å². The Bertz CT molecular complexity index is 810. The van der Waals surface area contributed by atoms with E-state index in [1.807, 2.05) is 0 Å². The van der Waals surface area contributed by atoms with Gasteiger partial charge in [0, 0.05) is 25.4 Å². The number of unbranched alkanes of at least 4 members (excludes halogenated alkanes) is 2. The second-order valence-corrected chi connectivity index (χ2v) is 6.36. The summed E-state index contributed by atoms with van der Waals surface area (Å²) in [5.74, 6) is -0.0936. The molecular weight excluding hydrogens is 371 g/mol. The molecule has 28 heavy (non-hydrogen) atoms. The third-order valence-electron chi connectivity index (χ3n) is 4.17. The Labute approximate surface area is 162 Å². The highest BCUT2D eigenvalue weighted by Gasteiger charge is 2.30. The van der Waals surface area contributed by atoms with E-state index < -0.39 is 17.7 Å². The van der Waals surface area contributed by atoms with Crippen LogP contribution in [0, 0.1) is 0 Å². The fourth-order valence-electron chi connectivity index (χ4n) is 2.70. The third kappa shape index (κ3) is 5.43. The monoisotopic (exact) mass is 395 g/mol. The van der Waals surface area contributed by atoms with Crippen molar-refractivity contribution in [3.8, 4) is 11.4 Å². The molecule has 0 aliphatic rings. The maximum Gasteiger partial charge on any atom is 0.416 e. The van der Waals surface area contributed by atoms with Crippen molar-refractivity contribution in [3.63, 3.8) is 0 Å². The highest BCUT2D eigenvalue weighted by Crippen LogP contribution is 2.32. The van der Waals surface area contributed by atoms with Crippen LogP contribution in [0.2, 0.25) is 0 Å². The summed E-state index contributed by atoms with van der Waals surface area (Å²) in [6.07, 6.45) is -0.187. The number of anilines is 1. The first-order valence-corrected chi connectivity index (χ1v) is 9.20. The van der Waals surface area contributed by atoms with Crippen molar-refractivity contribution >= 4 is 11.8 Å². The van der Waals surface area contributed by atoms with Crippen LogP contribution in [-0.2, 0) is 10.9 Å². The van der Waals surface area contributed by atoms with E-state index in [1.165, 1.54) is 18.3 Å². The Kier molecular flexibility index (Phi) is 7.37. The number of carbonyl (C=O) groups excluding carboxylic acids is 1. The lowest BCUT2D eigenvalue weighted by Crippen LogP contribution is -2.24. The van der Waals surface area contributed by atoms with Crippen LogP contribution in [0.4, 0.5) is 19.0 Å². The van der Waals surface area contributed by atoms with E-state index in [9.17, 15) is 18.0 Å². The van der Waals surface area contributed by atoms with E-state index in [2.05, 4.69) is 16.9 Å². The zero-order valence-electron chi connectivity index (χ0n) is 16.2. The highest BCUT2D eigenvalue weighted by molar-refractivity contribution is 5.94. The molecule has 1 heterocycles. The molecule has 0 aliphatic heterocycles. The Balaban J connectivity index is 2.44. The summed E-state index contributed by atoms with van der Waals surface area (Å²) >= 11 is 0. The van der Waals surface area contributed by atoms with Crippen LogP contribution in [0.25, 0.3) is 11.4 Å². The number of rotatable bonds is 8. The van der Waals surface area contributed by atoms with Gasteiger partial charge in [0.15, 0.2) is 5.82 Å². The summed E-state index contributed by atoms with van der Waals surface area (Å²) in [5, 5.41) is 0. The standard InChI is InChI=1S/C20H24F3N3O2/c1-4-6-7-11-26(3)18-16(19(27)28-5-2)13-24-17(25-18)14-9-8-10-15(12-14)20(21,22)23/h8-10,12-13H,4-7,11H2,1-3H3. The first kappa shape index (κ1) is 21.7. The van der Waals surface area contributed by atoms with E-state index in [0.717, 1.165) is 31.4 Å². The summed E-state index contributed by atoms with van der Waals surface area (Å²) in [6.45, 7) is 4.63. The van der Waals surface area contributed by atoms with Crippen LogP contribution in [-0.4, -0.2) is 36.1 Å². The fraction of sp³-hybridized carbons (Fsp3) is 0.450. The lowest BCUT2D eigenvalue weighted by molar-refractivity contribution is -0.137. The summed E-state index contributed by atoms with van der Waals surface area (Å²) in [5.41, 5.74) is -0.356. The molecule has 0 saturated heterocycles. The van der Waals surface area contributed by atoms with Gasteiger partial charge in [0.1, 0.15) is 11.4 Å². The third-order valence-corrected chi connectivity index (χ3v) is 4.17. The largest absolute Gasteiger partial charge is 0.462 e. The van der Waals surface area contributed by atoms with Crippen molar-refractivity contribution in [2.75, 3.05) is 25.1 Å². The van der Waals surface area contributed by atoms with Gasteiger partial charge in [-0.3, -0.25) is 0 Å². The van der Waals surface area contributed by atoms with E-state index in [-0.39, 0.29) is 23.6 Å². The maximum atomic E-state index is 13.0. The summed E-state index contributed by atoms with van der Waals surface area (Å²) in [6, 6.07) is 4.81. The number of carbonyl (C=O) groups is 1. The Morgan fingerprint density at radius 3 is 2.61 bits per heavy atom. The smallest absolute Gasteiger partial charge is 0.416 e. The SMILES string of the molecule is CCCCCN(C)c1nc(-c2cccc(C(F)(F)F)c2)ncc1C(=O)OCC. The number of halogens is 3. The molecule has 0 fully saturated rings. The van der Waals surface area contributed by atoms with Crippen LogP contribution < -0.4 is 4.90 Å². The van der Waals surface area contributed by atoms with Crippen molar-refractivity contribution in [1.82, 2.24) is 9.97 Å². The van der Waals surface area contributed by atoms with Crippen molar-refractivity contribution in [2.24, 2.45) is 0 Å². The number of aromatic nitrogens is 2. The Hall–Kier alpha value is -2.64. The first-order valence-electron chi connectivity index (χ1n) is 9.20. The molecule has 8 heteroatoms. The molecule has 0 saturated carbocycles. The molecule has 0 unspecified atom stereocenters. The molecule has 0 bridgehead atoms. The molecule has 5 nitrogen and oxygen atoms in total. The topological polar surface area (TPSA) is 55.3 Å². The Morgan fingerprint density at radius 1 is 1.21 bits per heavy atom. The molecule has 0 aliphatic carbocycles. The van der Waals surface area contributed by atoms with Gasteiger partial charge in [0.05, 0.1) is 12.2 Å². The second-order valence-electron chi connectivity index (χ2n) is 6.36. The number of esters is 1. The zero-order valence-corrected chi connectivity index (χ0v) is 16.2. The summed E-state index contributed by atoms with van der Waals surface area (Å²) in [4.78, 5) is 22.6. The van der Waals surface area contributed by atoms with Gasteiger partial charge < -0.3 is 9.64 Å². The highest BCUT2D eigenvalue weighted by atomic mass is 19.4. The predicted molar refractivity (Wildman–Crippen MR) is 101 cm³/mol. The maximum absolute atomic E-state index is 13.0. The molecule has 0 amide bonds. The van der Waals surface area contributed by atoms with Crippen LogP contribution in [0.1, 0.15) is 49.0 Å². The number of nitrogens with zero attached hydrogens (tertiary/aromatic N) is 3. The minimum atomic E-state index is -4.46. The van der Waals surface area contributed by atoms with Crippen LogP contribution >= 0.6 is 0 Å². The zero-order chi connectivity index (χ0) is 20.7. The fourth-order valence-corrected chi connectivity index (χ4v) is 2.70. The van der Waals surface area contributed by atoms with Gasteiger partial charge in [-0.15, -0.1) is 0 Å². The number of hydrogen-bond acceptors (Lipinski definition) is 5. The minimum absolute atomic E-state index is 0.122. The van der Waals surface area contributed by atoms with E-state index in [0.29, 0.717) is 12.4 Å². The molecule has 0 atom stereocenters. The van der Waals surface area contributed by atoms with Crippen molar-refractivity contribution < 1.29 is 22.7 Å². The van der Waals surface area contributed by atoms with Gasteiger partial charge in [-0.1, -0.05) is 31.9 Å². The quantitative estimate of drug-likeness (QED) is 0.467. The average molecular weight is 395 g/mol. The molecule has 2 rings (SSSR count). The van der Waals surface area contributed by atoms with Gasteiger partial charge in [0.25, 0.3) is 0 Å². The number of ether oxygens (including phenoxy) is 1. The van der Waals surface area contributed by atoms with Crippen molar-refractivity contribution in [3.05, 3.63) is 41.6 Å². The Morgan fingerprint density at radius 2 is 1.96 bits per heavy atom. The van der Waals surface area contributed by atoms with Crippen molar-refractivity contribution in [1.29, 1.82) is 0 Å². The number of hydrogen-bond donors (Lipinski definition) is 0. The number of alkyl halides is 3. The molecule has 0 spiro atoms. The second kappa shape index (κ2) is 9.52. The molecule has 1 aromatic heterocycles. The lowest BCUT2D eigenvalue weighted by Gasteiger charge is -2.21. The molecular formula is C20H24F3N3O2. The van der Waals surface area contributed by atoms with Gasteiger partial charge in [-0.2, -0.15) is 13.2 Å². The molecule has 2 aromatic rings. The van der Waals surface area contributed by atoms with Gasteiger partial charge in [-0.05, 0) is 25.5 Å². The molecule has 0 radical (unpaired) electrons. The predicted octanol–water partition coefficient (Wildman–Crippen LogP) is 4.97. The first-order chi connectivity index (χ1) is 13.3. The van der Waals surface area contributed by atoms with E-state index >= 15 is 0 Å². The van der Waals surface area contributed by atoms with Crippen LogP contribution in [0.5, 0.6) is 0 Å². The molecule has 152 valence electrons. The lowest BCUT2D eigenvalue weighted by atomic mass is 10.1. The van der Waals surface area contributed by atoms with Crippen LogP contribution in [0.15, 0.2) is 30.5 Å². The molecule has 1 aromatic carbocycles. The molecule has 0 N–H and O–H groups in total. The number of benzene rings is 1. The average Bonchev–Trinajstić information content (AvgIpc) is 2.67. The minimum Gasteiger partial charge on any atom is -0.462 e. The summed E-state index contributed by atoms with van der Waals surface area (Å²) < 4.78 is 44.1. The van der Waals surface area contributed by atoms with E-state index in [1.54, 1.807) is 18.9 Å². The van der Waals surface area contributed by atoms with Crippen LogP contribution in [0.3, 0.4) is 0 Å². The summed E-state index contributed by atoms with van der Waals surface area (Å²) in [7, 11) is 1.79. The van der Waals surface area contributed by atoms with Gasteiger partial charge >= 0.3 is 12.1 Å². The van der Waals surface area contributed by atoms with E-state index in [4.69, 9.17) is 4.74 Å². The van der Waals surface area contributed by atoms with Crippen molar-refractivity contribution in [2.45, 2.75) is 39.3 Å². The normalized spacial score (nSPS) is 11.4.